The van der Waals surface area contributed by atoms with Crippen molar-refractivity contribution < 1.29 is 0 Å². The second-order valence-corrected chi connectivity index (χ2v) is 8.85. The van der Waals surface area contributed by atoms with Gasteiger partial charge >= 0.3 is 0 Å². The van der Waals surface area contributed by atoms with E-state index < -0.39 is 0 Å². The van der Waals surface area contributed by atoms with Crippen molar-refractivity contribution in [2.75, 3.05) is 41.0 Å². The molecule has 1 heterocycles. The Morgan fingerprint density at radius 2 is 1.26 bits per heavy atom. The minimum Gasteiger partial charge on any atom is -0.372 e. The molecule has 0 fully saturated rings. The second kappa shape index (κ2) is 11.7. The van der Waals surface area contributed by atoms with E-state index in [0.29, 0.717) is 0 Å². The Hall–Kier alpha value is -3.53. The number of allylic oxidation sites excluding steroid dienone is 1. The molecule has 3 aromatic carbocycles. The fourth-order valence-electron chi connectivity index (χ4n) is 4.79. The van der Waals surface area contributed by atoms with Gasteiger partial charge in [0.15, 0.2) is 0 Å². The highest BCUT2D eigenvalue weighted by Gasteiger charge is 2.28. The van der Waals surface area contributed by atoms with Crippen LogP contribution < -0.4 is 14.8 Å². The molecule has 4 rings (SSSR count). The molecule has 0 N–H and O–H groups in total. The molecule has 0 amide bonds. The highest BCUT2D eigenvalue weighted by molar-refractivity contribution is 6.01. The third kappa shape index (κ3) is 5.76. The van der Waals surface area contributed by atoms with Crippen LogP contribution in [-0.2, 0) is 0 Å². The van der Waals surface area contributed by atoms with E-state index in [1.807, 2.05) is 0 Å². The molecule has 0 spiro atoms. The molecule has 0 saturated carbocycles. The van der Waals surface area contributed by atoms with Crippen LogP contribution in [0.1, 0.15) is 51.3 Å². The van der Waals surface area contributed by atoms with Gasteiger partial charge in [0.25, 0.3) is 0 Å². The summed E-state index contributed by atoms with van der Waals surface area (Å²) in [6, 6.07) is 28.5. The molecule has 0 saturated heterocycles. The fraction of sp³-hybridized carbons (Fsp3) is 0.323. The topological polar surface area (TPSA) is 22.1 Å². The highest BCUT2D eigenvalue weighted by atomic mass is 15.5. The third-order valence-corrected chi connectivity index (χ3v) is 6.85. The molecule has 4 nitrogen and oxygen atoms in total. The summed E-state index contributed by atoms with van der Waals surface area (Å²) in [4.78, 5) is 4.74. The largest absolute Gasteiger partial charge is 0.372 e. The Morgan fingerprint density at radius 3 is 1.80 bits per heavy atom. The maximum Gasteiger partial charge on any atom is 0.0831 e. The molecule has 182 valence electrons. The van der Waals surface area contributed by atoms with Gasteiger partial charge < -0.3 is 9.80 Å². The highest BCUT2D eigenvalue weighted by Crippen LogP contribution is 2.36. The van der Waals surface area contributed by atoms with E-state index in [0.717, 1.165) is 44.0 Å². The minimum atomic E-state index is 0.188. The average Bonchev–Trinajstić information content (AvgIpc) is 3.35. The minimum absolute atomic E-state index is 0.188. The lowest BCUT2D eigenvalue weighted by atomic mass is 10.00. The second-order valence-electron chi connectivity index (χ2n) is 8.85. The van der Waals surface area contributed by atoms with E-state index in [2.05, 4.69) is 134 Å². The fourth-order valence-corrected chi connectivity index (χ4v) is 4.79. The van der Waals surface area contributed by atoms with Crippen molar-refractivity contribution in [3.63, 3.8) is 0 Å². The number of benzene rings is 3. The zero-order chi connectivity index (χ0) is 24.6. The Morgan fingerprint density at radius 1 is 0.714 bits per heavy atom. The van der Waals surface area contributed by atoms with E-state index in [1.165, 1.54) is 22.5 Å². The molecule has 0 radical (unpaired) electrons. The van der Waals surface area contributed by atoms with Gasteiger partial charge in [-0.05, 0) is 81.3 Å². The summed E-state index contributed by atoms with van der Waals surface area (Å²) in [6.45, 7) is 12.9. The van der Waals surface area contributed by atoms with Gasteiger partial charge in [-0.3, -0.25) is 5.01 Å². The normalized spacial score (nSPS) is 15.5. The van der Waals surface area contributed by atoms with Crippen molar-refractivity contribution in [1.29, 1.82) is 0 Å². The van der Waals surface area contributed by atoms with E-state index in [4.69, 9.17) is 5.10 Å². The van der Waals surface area contributed by atoms with Crippen LogP contribution in [-0.4, -0.2) is 31.9 Å². The molecule has 0 aliphatic carbocycles. The van der Waals surface area contributed by atoms with Crippen molar-refractivity contribution in [1.82, 2.24) is 0 Å². The average molecular weight is 467 g/mol. The van der Waals surface area contributed by atoms with Gasteiger partial charge in [0.2, 0.25) is 0 Å². The standard InChI is InChI=1S/C31H38N4/c1-5-33(6-2)28-20-15-25(16-21-28)14-19-27-24-31(35(32-27)30-12-10-9-11-13-30)26-17-22-29(23-18-26)34(7-3)8-4/h9-23,31H,5-8,24H2,1-4H3/b19-14-/t31-/m1/s1. The number of rotatable bonds is 10. The summed E-state index contributed by atoms with van der Waals surface area (Å²) in [5.41, 5.74) is 7.25. The SMILES string of the molecule is CCN(CC)c1ccc(/C=C\C2=NN(c3ccccc3)[C@@H](c3ccc(N(CC)CC)cc3)C2)cc1. The maximum absolute atomic E-state index is 5.04. The van der Waals surface area contributed by atoms with E-state index >= 15 is 0 Å². The number of hydrogen-bond acceptors (Lipinski definition) is 4. The van der Waals surface area contributed by atoms with Gasteiger partial charge in [-0.25, -0.2) is 0 Å². The third-order valence-electron chi connectivity index (χ3n) is 6.85. The predicted octanol–water partition coefficient (Wildman–Crippen LogP) is 7.40. The summed E-state index contributed by atoms with van der Waals surface area (Å²) >= 11 is 0. The molecular formula is C31H38N4. The molecule has 1 aliphatic rings. The van der Waals surface area contributed by atoms with Gasteiger partial charge in [-0.1, -0.05) is 48.5 Å². The molecule has 1 aliphatic heterocycles. The Bertz CT molecular complexity index is 1110. The van der Waals surface area contributed by atoms with Crippen LogP contribution in [0.3, 0.4) is 0 Å². The molecule has 0 aromatic heterocycles. The smallest absolute Gasteiger partial charge is 0.0831 e. The quantitative estimate of drug-likeness (QED) is 0.311. The number of nitrogens with zero attached hydrogens (tertiary/aromatic N) is 4. The van der Waals surface area contributed by atoms with Gasteiger partial charge in [0, 0.05) is 44.0 Å². The van der Waals surface area contributed by atoms with Crippen molar-refractivity contribution in [2.24, 2.45) is 5.10 Å². The Kier molecular flexibility index (Phi) is 8.25. The zero-order valence-corrected chi connectivity index (χ0v) is 21.6. The number of para-hydroxylation sites is 1. The van der Waals surface area contributed by atoms with Crippen LogP contribution in [0.2, 0.25) is 0 Å². The first-order chi connectivity index (χ1) is 17.2. The molecular weight excluding hydrogens is 428 g/mol. The summed E-state index contributed by atoms with van der Waals surface area (Å²) in [7, 11) is 0. The van der Waals surface area contributed by atoms with E-state index in [9.17, 15) is 0 Å². The monoisotopic (exact) mass is 466 g/mol. The van der Waals surface area contributed by atoms with Crippen LogP contribution >= 0.6 is 0 Å². The van der Waals surface area contributed by atoms with Gasteiger partial charge in [-0.15, -0.1) is 0 Å². The van der Waals surface area contributed by atoms with Crippen molar-refractivity contribution in [3.8, 4) is 0 Å². The van der Waals surface area contributed by atoms with Gasteiger partial charge in [-0.2, -0.15) is 5.10 Å². The van der Waals surface area contributed by atoms with Crippen molar-refractivity contribution in [2.45, 2.75) is 40.2 Å². The lowest BCUT2D eigenvalue weighted by Crippen LogP contribution is -2.22. The van der Waals surface area contributed by atoms with Gasteiger partial charge in [0.05, 0.1) is 17.4 Å². The number of anilines is 3. The van der Waals surface area contributed by atoms with Crippen LogP contribution in [0.25, 0.3) is 6.08 Å². The zero-order valence-electron chi connectivity index (χ0n) is 21.6. The molecule has 0 bridgehead atoms. The van der Waals surface area contributed by atoms with Crippen LogP contribution in [0.15, 0.2) is 90.0 Å². The molecule has 35 heavy (non-hydrogen) atoms. The summed E-state index contributed by atoms with van der Waals surface area (Å²) in [5.74, 6) is 0. The molecule has 3 aromatic rings. The first kappa shape index (κ1) is 24.6. The lowest BCUT2D eigenvalue weighted by molar-refractivity contribution is 0.709. The van der Waals surface area contributed by atoms with E-state index in [-0.39, 0.29) is 6.04 Å². The summed E-state index contributed by atoms with van der Waals surface area (Å²) in [6.07, 6.45) is 5.24. The molecule has 4 heteroatoms. The van der Waals surface area contributed by atoms with Crippen LogP contribution in [0.5, 0.6) is 0 Å². The Balaban J connectivity index is 1.55. The first-order valence-electron chi connectivity index (χ1n) is 13.0. The van der Waals surface area contributed by atoms with E-state index in [1.54, 1.807) is 0 Å². The van der Waals surface area contributed by atoms with Crippen LogP contribution in [0, 0.1) is 0 Å². The van der Waals surface area contributed by atoms with Crippen LogP contribution in [0.4, 0.5) is 17.1 Å². The van der Waals surface area contributed by atoms with Crippen molar-refractivity contribution in [3.05, 3.63) is 96.1 Å². The van der Waals surface area contributed by atoms with Gasteiger partial charge in [0.1, 0.15) is 0 Å². The molecule has 0 unspecified atom stereocenters. The predicted molar refractivity (Wildman–Crippen MR) is 153 cm³/mol. The summed E-state index contributed by atoms with van der Waals surface area (Å²) in [5, 5.41) is 7.21. The number of hydrazone groups is 1. The first-order valence-corrected chi connectivity index (χ1v) is 13.0. The Labute approximate surface area is 211 Å². The van der Waals surface area contributed by atoms with Crippen molar-refractivity contribution >= 4 is 28.8 Å². The summed E-state index contributed by atoms with van der Waals surface area (Å²) < 4.78 is 0. The molecule has 1 atom stereocenters. The lowest BCUT2D eigenvalue weighted by Gasteiger charge is -2.25. The maximum atomic E-state index is 5.04. The number of hydrogen-bond donors (Lipinski definition) is 0.